The van der Waals surface area contributed by atoms with Gasteiger partial charge in [0.1, 0.15) is 10.0 Å². The first-order chi connectivity index (χ1) is 6.51. The third-order valence-electron chi connectivity index (χ3n) is 1.55. The molecule has 1 aromatic rings. The SMILES string of the molecule is CSCc1nnc(CNC(C)(C)C)s1. The van der Waals surface area contributed by atoms with Crippen LogP contribution in [0.2, 0.25) is 0 Å². The van der Waals surface area contributed by atoms with Crippen molar-refractivity contribution in [3.8, 4) is 0 Å². The second-order valence-corrected chi connectivity index (χ2v) is 6.14. The van der Waals surface area contributed by atoms with Crippen LogP contribution in [0.1, 0.15) is 30.8 Å². The molecule has 0 aromatic carbocycles. The van der Waals surface area contributed by atoms with Gasteiger partial charge in [-0.3, -0.25) is 0 Å². The van der Waals surface area contributed by atoms with Crippen molar-refractivity contribution in [1.82, 2.24) is 15.5 Å². The molecule has 0 aliphatic rings. The number of rotatable bonds is 4. The Hall–Kier alpha value is -0.130. The predicted octanol–water partition coefficient (Wildman–Crippen LogP) is 2.29. The molecule has 5 heteroatoms. The first-order valence-corrected chi connectivity index (χ1v) is 6.77. The van der Waals surface area contributed by atoms with Crippen LogP contribution < -0.4 is 5.32 Å². The van der Waals surface area contributed by atoms with Crippen molar-refractivity contribution < 1.29 is 0 Å². The quantitative estimate of drug-likeness (QED) is 0.863. The highest BCUT2D eigenvalue weighted by Crippen LogP contribution is 2.15. The summed E-state index contributed by atoms with van der Waals surface area (Å²) < 4.78 is 0. The van der Waals surface area contributed by atoms with Crippen LogP contribution in [-0.4, -0.2) is 22.0 Å². The zero-order valence-corrected chi connectivity index (χ0v) is 10.8. The minimum absolute atomic E-state index is 0.144. The number of thioether (sulfide) groups is 1. The van der Waals surface area contributed by atoms with E-state index >= 15 is 0 Å². The van der Waals surface area contributed by atoms with Gasteiger partial charge in [0.2, 0.25) is 0 Å². The van der Waals surface area contributed by atoms with E-state index in [-0.39, 0.29) is 5.54 Å². The Labute approximate surface area is 93.7 Å². The minimum Gasteiger partial charge on any atom is -0.306 e. The summed E-state index contributed by atoms with van der Waals surface area (Å²) in [6, 6.07) is 0. The van der Waals surface area contributed by atoms with Gasteiger partial charge in [-0.1, -0.05) is 11.3 Å². The van der Waals surface area contributed by atoms with Crippen LogP contribution in [0.25, 0.3) is 0 Å². The zero-order chi connectivity index (χ0) is 10.6. The lowest BCUT2D eigenvalue weighted by Crippen LogP contribution is -2.35. The van der Waals surface area contributed by atoms with Crippen LogP contribution in [-0.2, 0) is 12.3 Å². The van der Waals surface area contributed by atoms with Crippen molar-refractivity contribution in [3.05, 3.63) is 10.0 Å². The van der Waals surface area contributed by atoms with Crippen molar-refractivity contribution in [2.45, 2.75) is 38.6 Å². The highest BCUT2D eigenvalue weighted by Gasteiger charge is 2.10. The van der Waals surface area contributed by atoms with Crippen molar-refractivity contribution in [2.24, 2.45) is 0 Å². The van der Waals surface area contributed by atoms with Gasteiger partial charge in [0.25, 0.3) is 0 Å². The zero-order valence-electron chi connectivity index (χ0n) is 9.13. The summed E-state index contributed by atoms with van der Waals surface area (Å²) in [6.45, 7) is 7.26. The van der Waals surface area contributed by atoms with Crippen LogP contribution in [0, 0.1) is 0 Å². The fourth-order valence-electron chi connectivity index (χ4n) is 0.882. The molecule has 0 saturated carbocycles. The molecule has 1 N–H and O–H groups in total. The van der Waals surface area contributed by atoms with Crippen molar-refractivity contribution in [2.75, 3.05) is 6.26 Å². The van der Waals surface area contributed by atoms with Gasteiger partial charge >= 0.3 is 0 Å². The molecule has 0 spiro atoms. The van der Waals surface area contributed by atoms with Crippen LogP contribution in [0.5, 0.6) is 0 Å². The Morgan fingerprint density at radius 2 is 1.93 bits per heavy atom. The van der Waals surface area contributed by atoms with Gasteiger partial charge in [-0.15, -0.1) is 10.2 Å². The minimum atomic E-state index is 0.144. The molecule has 0 aliphatic heterocycles. The smallest absolute Gasteiger partial charge is 0.131 e. The van der Waals surface area contributed by atoms with Gasteiger partial charge in [-0.2, -0.15) is 11.8 Å². The Kier molecular flexibility index (Phi) is 4.34. The average molecular weight is 231 g/mol. The van der Waals surface area contributed by atoms with Crippen LogP contribution >= 0.6 is 23.1 Å². The van der Waals surface area contributed by atoms with Crippen LogP contribution in [0.4, 0.5) is 0 Å². The molecule has 0 unspecified atom stereocenters. The van der Waals surface area contributed by atoms with Gasteiger partial charge in [0.05, 0.1) is 6.54 Å². The van der Waals surface area contributed by atoms with E-state index in [0.29, 0.717) is 0 Å². The summed E-state index contributed by atoms with van der Waals surface area (Å²) in [5, 5.41) is 13.8. The summed E-state index contributed by atoms with van der Waals surface area (Å²) in [7, 11) is 0. The highest BCUT2D eigenvalue weighted by atomic mass is 32.2. The standard InChI is InChI=1S/C9H17N3S2/c1-9(2,3)10-5-7-11-12-8(14-7)6-13-4/h10H,5-6H2,1-4H3. The van der Waals surface area contributed by atoms with Gasteiger partial charge in [-0.25, -0.2) is 0 Å². The Bertz CT molecular complexity index is 278. The molecule has 1 rings (SSSR count). The van der Waals surface area contributed by atoms with Gasteiger partial charge in [0, 0.05) is 11.3 Å². The van der Waals surface area contributed by atoms with Gasteiger partial charge < -0.3 is 5.32 Å². The van der Waals surface area contributed by atoms with E-state index < -0.39 is 0 Å². The fourth-order valence-corrected chi connectivity index (χ4v) is 2.36. The molecule has 1 aromatic heterocycles. The van der Waals surface area contributed by atoms with Crippen molar-refractivity contribution in [3.63, 3.8) is 0 Å². The summed E-state index contributed by atoms with van der Waals surface area (Å²) in [4.78, 5) is 0. The van der Waals surface area contributed by atoms with Crippen LogP contribution in [0.3, 0.4) is 0 Å². The third-order valence-corrected chi connectivity index (χ3v) is 3.21. The second kappa shape index (κ2) is 5.09. The first-order valence-electron chi connectivity index (χ1n) is 4.56. The van der Waals surface area contributed by atoms with Crippen LogP contribution in [0.15, 0.2) is 0 Å². The van der Waals surface area contributed by atoms with Gasteiger partial charge in [0.15, 0.2) is 0 Å². The number of nitrogens with zero attached hydrogens (tertiary/aromatic N) is 2. The lowest BCUT2D eigenvalue weighted by atomic mass is 10.1. The van der Waals surface area contributed by atoms with E-state index in [4.69, 9.17) is 0 Å². The predicted molar refractivity (Wildman–Crippen MR) is 63.7 cm³/mol. The van der Waals surface area contributed by atoms with E-state index in [9.17, 15) is 0 Å². The summed E-state index contributed by atoms with van der Waals surface area (Å²) in [5.74, 6) is 0.965. The molecule has 0 aliphatic carbocycles. The molecule has 0 amide bonds. The summed E-state index contributed by atoms with van der Waals surface area (Å²) in [5.41, 5.74) is 0.144. The monoisotopic (exact) mass is 231 g/mol. The number of nitrogens with one attached hydrogen (secondary N) is 1. The maximum absolute atomic E-state index is 4.13. The summed E-state index contributed by atoms with van der Waals surface area (Å²) in [6.07, 6.45) is 2.08. The van der Waals surface area contributed by atoms with E-state index in [1.165, 1.54) is 0 Å². The molecular weight excluding hydrogens is 214 g/mol. The maximum Gasteiger partial charge on any atom is 0.131 e. The summed E-state index contributed by atoms with van der Waals surface area (Å²) >= 11 is 3.47. The fraction of sp³-hybridized carbons (Fsp3) is 0.778. The highest BCUT2D eigenvalue weighted by molar-refractivity contribution is 7.97. The first kappa shape index (κ1) is 11.9. The van der Waals surface area contributed by atoms with Crippen molar-refractivity contribution in [1.29, 1.82) is 0 Å². The molecule has 0 atom stereocenters. The molecule has 14 heavy (non-hydrogen) atoms. The largest absolute Gasteiger partial charge is 0.306 e. The number of aromatic nitrogens is 2. The molecule has 0 bridgehead atoms. The normalized spacial score (nSPS) is 12.0. The molecule has 0 fully saturated rings. The lowest BCUT2D eigenvalue weighted by Gasteiger charge is -2.19. The van der Waals surface area contributed by atoms with Gasteiger partial charge in [-0.05, 0) is 27.0 Å². The number of hydrogen-bond donors (Lipinski definition) is 1. The number of hydrogen-bond acceptors (Lipinski definition) is 5. The third kappa shape index (κ3) is 4.39. The average Bonchev–Trinajstić information content (AvgIpc) is 2.49. The maximum atomic E-state index is 4.13. The second-order valence-electron chi connectivity index (χ2n) is 4.13. The topological polar surface area (TPSA) is 37.8 Å². The molecule has 1 heterocycles. The molecule has 0 radical (unpaired) electrons. The van der Waals surface area contributed by atoms with Crippen molar-refractivity contribution >= 4 is 23.1 Å². The van der Waals surface area contributed by atoms with E-state index in [1.54, 1.807) is 23.1 Å². The lowest BCUT2D eigenvalue weighted by molar-refractivity contribution is 0.423. The Morgan fingerprint density at radius 3 is 2.50 bits per heavy atom. The molecule has 3 nitrogen and oxygen atoms in total. The van der Waals surface area contributed by atoms with E-state index in [1.807, 2.05) is 0 Å². The van der Waals surface area contributed by atoms with E-state index in [0.717, 1.165) is 22.3 Å². The Morgan fingerprint density at radius 1 is 1.29 bits per heavy atom. The molecular formula is C9H17N3S2. The molecule has 0 saturated heterocycles. The Balaban J connectivity index is 2.44. The van der Waals surface area contributed by atoms with E-state index in [2.05, 4.69) is 42.5 Å². The molecule has 80 valence electrons.